The van der Waals surface area contributed by atoms with Gasteiger partial charge in [-0.05, 0) is 67.1 Å². The Hall–Kier alpha value is -3.06. The first-order valence-corrected chi connectivity index (χ1v) is 8.62. The molecule has 1 aromatic heterocycles. The van der Waals surface area contributed by atoms with Gasteiger partial charge in [0.1, 0.15) is 23.9 Å². The highest BCUT2D eigenvalue weighted by atomic mass is 35.5. The minimum Gasteiger partial charge on any atom is -0.486 e. The number of carbonyl (C=O) groups excluding carboxylic acids is 1. The highest BCUT2D eigenvalue weighted by Crippen LogP contribution is 2.24. The Morgan fingerprint density at radius 2 is 1.82 bits per heavy atom. The molecule has 3 aromatic rings. The third-order valence-electron chi connectivity index (χ3n) is 3.75. The predicted molar refractivity (Wildman–Crippen MR) is 100 cm³/mol. The molecule has 0 aliphatic carbocycles. The maximum absolute atomic E-state index is 12.3. The van der Waals surface area contributed by atoms with Gasteiger partial charge >= 0.3 is 6.61 Å². The van der Waals surface area contributed by atoms with E-state index < -0.39 is 12.5 Å². The van der Waals surface area contributed by atoms with Crippen LogP contribution in [-0.2, 0) is 6.61 Å². The van der Waals surface area contributed by atoms with Crippen molar-refractivity contribution in [1.29, 1.82) is 0 Å². The zero-order chi connectivity index (χ0) is 20.1. The molecule has 28 heavy (non-hydrogen) atoms. The second-order valence-corrected chi connectivity index (χ2v) is 6.25. The number of hydrogen-bond donors (Lipinski definition) is 1. The van der Waals surface area contributed by atoms with Gasteiger partial charge in [0, 0.05) is 10.7 Å². The molecule has 0 aliphatic heterocycles. The molecule has 0 bridgehead atoms. The molecule has 1 N–H and O–H groups in total. The predicted octanol–water partition coefficient (Wildman–Crippen LogP) is 5.67. The quantitative estimate of drug-likeness (QED) is 0.547. The van der Waals surface area contributed by atoms with Crippen LogP contribution in [0, 0.1) is 6.92 Å². The molecule has 146 valence electrons. The number of nitrogens with one attached hydrogen (secondary N) is 1. The molecule has 1 amide bonds. The van der Waals surface area contributed by atoms with Crippen molar-refractivity contribution >= 4 is 23.2 Å². The van der Waals surface area contributed by atoms with Crippen LogP contribution in [0.2, 0.25) is 5.02 Å². The summed E-state index contributed by atoms with van der Waals surface area (Å²) in [7, 11) is 0. The Balaban J connectivity index is 1.60. The van der Waals surface area contributed by atoms with E-state index in [9.17, 15) is 13.6 Å². The van der Waals surface area contributed by atoms with Crippen molar-refractivity contribution in [2.24, 2.45) is 0 Å². The average molecular weight is 408 g/mol. The lowest BCUT2D eigenvalue weighted by Crippen LogP contribution is -2.12. The summed E-state index contributed by atoms with van der Waals surface area (Å²) in [5.74, 6) is 0.738. The van der Waals surface area contributed by atoms with E-state index in [1.165, 1.54) is 24.3 Å². The molecule has 2 aromatic carbocycles. The Labute approximate surface area is 164 Å². The molecular formula is C20H16ClF2NO4. The minimum absolute atomic E-state index is 0.0186. The van der Waals surface area contributed by atoms with Crippen LogP contribution < -0.4 is 14.8 Å². The van der Waals surface area contributed by atoms with Crippen molar-refractivity contribution < 1.29 is 27.5 Å². The molecule has 0 aliphatic rings. The van der Waals surface area contributed by atoms with E-state index in [1.807, 2.05) is 0 Å². The van der Waals surface area contributed by atoms with E-state index in [0.717, 1.165) is 0 Å². The molecule has 0 fully saturated rings. The average Bonchev–Trinajstić information content (AvgIpc) is 3.12. The third kappa shape index (κ3) is 5.23. The summed E-state index contributed by atoms with van der Waals surface area (Å²) in [6.45, 7) is -1.09. The number of furan rings is 1. The van der Waals surface area contributed by atoms with Gasteiger partial charge in [-0.3, -0.25) is 4.79 Å². The normalized spacial score (nSPS) is 10.8. The first kappa shape index (κ1) is 19.7. The monoisotopic (exact) mass is 407 g/mol. The van der Waals surface area contributed by atoms with Gasteiger partial charge in [0.05, 0.1) is 0 Å². The van der Waals surface area contributed by atoms with Gasteiger partial charge in [-0.15, -0.1) is 0 Å². The van der Waals surface area contributed by atoms with Crippen LogP contribution in [-0.4, -0.2) is 12.5 Å². The second kappa shape index (κ2) is 8.75. The molecular weight excluding hydrogens is 392 g/mol. The van der Waals surface area contributed by atoms with E-state index in [1.54, 1.807) is 37.3 Å². The number of benzene rings is 2. The van der Waals surface area contributed by atoms with Crippen molar-refractivity contribution in [3.8, 4) is 11.5 Å². The summed E-state index contributed by atoms with van der Waals surface area (Å²) in [6.07, 6.45) is 0. The van der Waals surface area contributed by atoms with Gasteiger partial charge in [-0.25, -0.2) is 0 Å². The molecule has 0 spiro atoms. The number of rotatable bonds is 7. The van der Waals surface area contributed by atoms with Gasteiger partial charge in [0.25, 0.3) is 5.91 Å². The van der Waals surface area contributed by atoms with Crippen LogP contribution in [0.3, 0.4) is 0 Å². The van der Waals surface area contributed by atoms with E-state index >= 15 is 0 Å². The summed E-state index contributed by atoms with van der Waals surface area (Å²) in [6, 6.07) is 14.3. The fraction of sp³-hybridized carbons (Fsp3) is 0.150. The van der Waals surface area contributed by atoms with Crippen molar-refractivity contribution in [2.75, 3.05) is 5.32 Å². The van der Waals surface area contributed by atoms with Gasteiger partial charge < -0.3 is 19.2 Å². The lowest BCUT2D eigenvalue weighted by atomic mass is 10.2. The van der Waals surface area contributed by atoms with Crippen LogP contribution in [0.25, 0.3) is 0 Å². The molecule has 5 nitrogen and oxygen atoms in total. The number of halogens is 3. The van der Waals surface area contributed by atoms with E-state index in [-0.39, 0.29) is 18.1 Å². The van der Waals surface area contributed by atoms with Gasteiger partial charge in [0.15, 0.2) is 5.76 Å². The van der Waals surface area contributed by atoms with Crippen molar-refractivity contribution in [1.82, 2.24) is 0 Å². The lowest BCUT2D eigenvalue weighted by molar-refractivity contribution is -0.0498. The maximum Gasteiger partial charge on any atom is 0.387 e. The van der Waals surface area contributed by atoms with Gasteiger partial charge in [0.2, 0.25) is 0 Å². The lowest BCUT2D eigenvalue weighted by Gasteiger charge is -2.10. The van der Waals surface area contributed by atoms with Gasteiger partial charge in [-0.2, -0.15) is 8.78 Å². The van der Waals surface area contributed by atoms with Crippen LogP contribution in [0.1, 0.15) is 21.9 Å². The molecule has 0 saturated heterocycles. The second-order valence-electron chi connectivity index (χ2n) is 5.82. The first-order valence-electron chi connectivity index (χ1n) is 8.24. The zero-order valence-electron chi connectivity index (χ0n) is 14.7. The van der Waals surface area contributed by atoms with E-state index in [0.29, 0.717) is 27.8 Å². The number of aryl methyl sites for hydroxylation is 1. The number of hydrogen-bond acceptors (Lipinski definition) is 4. The number of amides is 1. The fourth-order valence-corrected chi connectivity index (χ4v) is 2.53. The van der Waals surface area contributed by atoms with Crippen LogP contribution >= 0.6 is 11.6 Å². The summed E-state index contributed by atoms with van der Waals surface area (Å²) < 4.78 is 39.9. The number of carbonyl (C=O) groups is 1. The fourth-order valence-electron chi connectivity index (χ4n) is 2.40. The molecule has 0 radical (unpaired) electrons. The van der Waals surface area contributed by atoms with E-state index in [4.69, 9.17) is 20.8 Å². The Morgan fingerprint density at radius 3 is 2.50 bits per heavy atom. The highest BCUT2D eigenvalue weighted by Gasteiger charge is 2.14. The summed E-state index contributed by atoms with van der Waals surface area (Å²) in [4.78, 5) is 12.3. The SMILES string of the molecule is Cc1cc(OC(F)F)ccc1NC(=O)c1ccc(COc2ccc(Cl)cc2)o1. The molecule has 0 atom stereocenters. The number of alkyl halides is 2. The van der Waals surface area contributed by atoms with Gasteiger partial charge in [-0.1, -0.05) is 11.6 Å². The number of anilines is 1. The Kier molecular flexibility index (Phi) is 6.16. The van der Waals surface area contributed by atoms with Crippen molar-refractivity contribution in [2.45, 2.75) is 20.1 Å². The molecule has 0 unspecified atom stereocenters. The minimum atomic E-state index is -2.91. The van der Waals surface area contributed by atoms with Crippen molar-refractivity contribution in [3.05, 3.63) is 76.7 Å². The zero-order valence-corrected chi connectivity index (χ0v) is 15.5. The smallest absolute Gasteiger partial charge is 0.387 e. The Morgan fingerprint density at radius 1 is 1.11 bits per heavy atom. The summed E-state index contributed by atoms with van der Waals surface area (Å²) in [5.41, 5.74) is 1.03. The third-order valence-corrected chi connectivity index (χ3v) is 4.00. The number of ether oxygens (including phenoxy) is 2. The molecule has 3 rings (SSSR count). The van der Waals surface area contributed by atoms with Crippen LogP contribution in [0.4, 0.5) is 14.5 Å². The summed E-state index contributed by atoms with van der Waals surface area (Å²) in [5, 5.41) is 3.27. The van der Waals surface area contributed by atoms with Crippen LogP contribution in [0.15, 0.2) is 59.0 Å². The maximum atomic E-state index is 12.3. The van der Waals surface area contributed by atoms with Crippen molar-refractivity contribution in [3.63, 3.8) is 0 Å². The topological polar surface area (TPSA) is 60.7 Å². The standard InChI is InChI=1S/C20H16ClF2NO4/c1-12-10-15(28-20(22)23)6-8-17(12)24-19(25)18-9-7-16(27-18)11-26-14-4-2-13(21)3-5-14/h2-10,20H,11H2,1H3,(H,24,25). The molecule has 1 heterocycles. The first-order chi connectivity index (χ1) is 13.4. The Bertz CT molecular complexity index is 957. The van der Waals surface area contributed by atoms with Crippen LogP contribution in [0.5, 0.6) is 11.5 Å². The highest BCUT2D eigenvalue weighted by molar-refractivity contribution is 6.30. The largest absolute Gasteiger partial charge is 0.486 e. The van der Waals surface area contributed by atoms with E-state index in [2.05, 4.69) is 10.1 Å². The summed E-state index contributed by atoms with van der Waals surface area (Å²) >= 11 is 5.82. The molecule has 0 saturated carbocycles. The molecule has 8 heteroatoms.